The van der Waals surface area contributed by atoms with Crippen LogP contribution < -0.4 is 5.32 Å². The zero-order valence-electron chi connectivity index (χ0n) is 10.2. The molecule has 0 aliphatic carbocycles. The Bertz CT molecular complexity index is 257. The van der Waals surface area contributed by atoms with Gasteiger partial charge in [-0.15, -0.1) is 0 Å². The lowest BCUT2D eigenvalue weighted by atomic mass is 9.91. The van der Waals surface area contributed by atoms with E-state index in [9.17, 15) is 4.79 Å². The van der Waals surface area contributed by atoms with E-state index in [1.807, 2.05) is 6.92 Å². The van der Waals surface area contributed by atoms with Crippen molar-refractivity contribution < 1.29 is 9.53 Å². The molecule has 3 unspecified atom stereocenters. The molecule has 0 aromatic rings. The Morgan fingerprint density at radius 3 is 3.12 bits per heavy atom. The van der Waals surface area contributed by atoms with E-state index in [1.54, 1.807) is 0 Å². The van der Waals surface area contributed by atoms with E-state index < -0.39 is 0 Å². The van der Waals surface area contributed by atoms with Gasteiger partial charge in [0, 0.05) is 19.1 Å². The second-order valence-electron chi connectivity index (χ2n) is 5.05. The molecule has 2 aliphatic rings. The van der Waals surface area contributed by atoms with Gasteiger partial charge in [-0.05, 0) is 31.8 Å². The highest BCUT2D eigenvalue weighted by Gasteiger charge is 2.35. The standard InChI is InChI=1S/C12H22N2O2/c1-9(12(15)16-2)8-14-5-3-4-10-6-13-7-11(10)14/h9-11,13H,3-8H2,1-2H3. The van der Waals surface area contributed by atoms with Crippen molar-refractivity contribution >= 4 is 5.97 Å². The van der Waals surface area contributed by atoms with Crippen LogP contribution in [0.4, 0.5) is 0 Å². The van der Waals surface area contributed by atoms with E-state index in [-0.39, 0.29) is 11.9 Å². The number of rotatable bonds is 3. The summed E-state index contributed by atoms with van der Waals surface area (Å²) in [5.74, 6) is 0.691. The average Bonchev–Trinajstić information content (AvgIpc) is 2.77. The molecule has 4 nitrogen and oxygen atoms in total. The van der Waals surface area contributed by atoms with Gasteiger partial charge in [0.1, 0.15) is 0 Å². The van der Waals surface area contributed by atoms with Crippen LogP contribution in [0.5, 0.6) is 0 Å². The van der Waals surface area contributed by atoms with Gasteiger partial charge >= 0.3 is 5.97 Å². The molecule has 2 heterocycles. The number of nitrogens with one attached hydrogen (secondary N) is 1. The Morgan fingerprint density at radius 2 is 2.38 bits per heavy atom. The van der Waals surface area contributed by atoms with Crippen molar-refractivity contribution in [3.8, 4) is 0 Å². The van der Waals surface area contributed by atoms with Crippen molar-refractivity contribution in [3.63, 3.8) is 0 Å². The second-order valence-corrected chi connectivity index (χ2v) is 5.05. The van der Waals surface area contributed by atoms with Gasteiger partial charge in [-0.25, -0.2) is 0 Å². The highest BCUT2D eigenvalue weighted by atomic mass is 16.5. The summed E-state index contributed by atoms with van der Waals surface area (Å²) >= 11 is 0. The Balaban J connectivity index is 1.90. The van der Waals surface area contributed by atoms with Crippen LogP contribution in [0.3, 0.4) is 0 Å². The Kier molecular flexibility index (Phi) is 3.82. The largest absolute Gasteiger partial charge is 0.469 e. The minimum atomic E-state index is -0.0897. The van der Waals surface area contributed by atoms with Gasteiger partial charge in [-0.3, -0.25) is 9.69 Å². The van der Waals surface area contributed by atoms with Gasteiger partial charge in [0.2, 0.25) is 0 Å². The molecule has 2 saturated heterocycles. The average molecular weight is 226 g/mol. The molecule has 0 radical (unpaired) electrons. The van der Waals surface area contributed by atoms with Crippen molar-refractivity contribution in [2.45, 2.75) is 25.8 Å². The van der Waals surface area contributed by atoms with Crippen LogP contribution >= 0.6 is 0 Å². The molecule has 0 amide bonds. The first kappa shape index (κ1) is 11.9. The number of carbonyl (C=O) groups is 1. The van der Waals surface area contributed by atoms with Crippen LogP contribution in [0.2, 0.25) is 0 Å². The number of fused-ring (bicyclic) bond motifs is 1. The molecule has 2 aliphatic heterocycles. The molecule has 0 aromatic carbocycles. The number of methoxy groups -OCH3 is 1. The summed E-state index contributed by atoms with van der Waals surface area (Å²) < 4.78 is 4.78. The molecule has 0 bridgehead atoms. The van der Waals surface area contributed by atoms with E-state index >= 15 is 0 Å². The molecule has 2 rings (SSSR count). The number of hydrogen-bond acceptors (Lipinski definition) is 4. The Labute approximate surface area is 97.3 Å². The number of esters is 1. The predicted molar refractivity (Wildman–Crippen MR) is 62.1 cm³/mol. The molecular weight excluding hydrogens is 204 g/mol. The first-order valence-corrected chi connectivity index (χ1v) is 6.25. The topological polar surface area (TPSA) is 41.6 Å². The van der Waals surface area contributed by atoms with Crippen LogP contribution in [0.15, 0.2) is 0 Å². The number of nitrogens with zero attached hydrogens (tertiary/aromatic N) is 1. The highest BCUT2D eigenvalue weighted by molar-refractivity contribution is 5.72. The SMILES string of the molecule is COC(=O)C(C)CN1CCCC2CNCC21. The highest BCUT2D eigenvalue weighted by Crippen LogP contribution is 2.26. The lowest BCUT2D eigenvalue weighted by Crippen LogP contribution is -2.47. The monoisotopic (exact) mass is 226 g/mol. The summed E-state index contributed by atoms with van der Waals surface area (Å²) in [4.78, 5) is 13.9. The maximum absolute atomic E-state index is 11.4. The normalized spacial score (nSPS) is 32.1. The zero-order chi connectivity index (χ0) is 11.5. The molecule has 0 saturated carbocycles. The molecule has 0 spiro atoms. The number of carbonyl (C=O) groups excluding carboxylic acids is 1. The minimum Gasteiger partial charge on any atom is -0.469 e. The van der Waals surface area contributed by atoms with Crippen LogP contribution in [-0.2, 0) is 9.53 Å². The third kappa shape index (κ3) is 2.38. The summed E-state index contributed by atoms with van der Waals surface area (Å²) in [6, 6.07) is 0.640. The smallest absolute Gasteiger partial charge is 0.309 e. The molecule has 16 heavy (non-hydrogen) atoms. The third-order valence-electron chi connectivity index (χ3n) is 3.91. The van der Waals surface area contributed by atoms with E-state index in [0.29, 0.717) is 6.04 Å². The van der Waals surface area contributed by atoms with Crippen LogP contribution in [-0.4, -0.2) is 50.2 Å². The van der Waals surface area contributed by atoms with Crippen LogP contribution in [0.1, 0.15) is 19.8 Å². The molecular formula is C12H22N2O2. The third-order valence-corrected chi connectivity index (χ3v) is 3.91. The molecule has 92 valence electrons. The molecule has 1 N–H and O–H groups in total. The first-order valence-electron chi connectivity index (χ1n) is 6.25. The molecule has 0 aromatic heterocycles. The second kappa shape index (κ2) is 5.15. The summed E-state index contributed by atoms with van der Waals surface area (Å²) in [7, 11) is 1.47. The fraction of sp³-hybridized carbons (Fsp3) is 0.917. The van der Waals surface area contributed by atoms with Gasteiger partial charge < -0.3 is 10.1 Å². The molecule has 2 fully saturated rings. The van der Waals surface area contributed by atoms with E-state index in [1.165, 1.54) is 20.0 Å². The molecule has 3 atom stereocenters. The van der Waals surface area contributed by atoms with Crippen molar-refractivity contribution in [2.24, 2.45) is 11.8 Å². The minimum absolute atomic E-state index is 0.00986. The van der Waals surface area contributed by atoms with Gasteiger partial charge in [0.15, 0.2) is 0 Å². The quantitative estimate of drug-likeness (QED) is 0.711. The Morgan fingerprint density at radius 1 is 1.56 bits per heavy atom. The lowest BCUT2D eigenvalue weighted by Gasteiger charge is -2.38. The van der Waals surface area contributed by atoms with E-state index in [0.717, 1.165) is 32.1 Å². The maximum atomic E-state index is 11.4. The number of hydrogen-bond donors (Lipinski definition) is 1. The van der Waals surface area contributed by atoms with Crippen molar-refractivity contribution in [2.75, 3.05) is 33.3 Å². The van der Waals surface area contributed by atoms with Gasteiger partial charge in [0.25, 0.3) is 0 Å². The number of piperidine rings is 1. The maximum Gasteiger partial charge on any atom is 0.309 e. The lowest BCUT2D eigenvalue weighted by molar-refractivity contribution is -0.145. The van der Waals surface area contributed by atoms with Crippen molar-refractivity contribution in [1.29, 1.82) is 0 Å². The van der Waals surface area contributed by atoms with E-state index in [4.69, 9.17) is 4.74 Å². The summed E-state index contributed by atoms with van der Waals surface area (Å²) in [6.45, 7) is 6.16. The van der Waals surface area contributed by atoms with E-state index in [2.05, 4.69) is 10.2 Å². The zero-order valence-corrected chi connectivity index (χ0v) is 10.2. The van der Waals surface area contributed by atoms with Gasteiger partial charge in [-0.2, -0.15) is 0 Å². The summed E-state index contributed by atoms with van der Waals surface area (Å²) in [6.07, 6.45) is 2.59. The fourth-order valence-corrected chi connectivity index (χ4v) is 3.02. The van der Waals surface area contributed by atoms with Crippen LogP contribution in [0.25, 0.3) is 0 Å². The van der Waals surface area contributed by atoms with Gasteiger partial charge in [-0.1, -0.05) is 6.92 Å². The van der Waals surface area contributed by atoms with Crippen molar-refractivity contribution in [3.05, 3.63) is 0 Å². The first-order chi connectivity index (χ1) is 7.72. The number of likely N-dealkylation sites (tertiary alicyclic amines) is 1. The van der Waals surface area contributed by atoms with Gasteiger partial charge in [0.05, 0.1) is 13.0 Å². The van der Waals surface area contributed by atoms with Crippen molar-refractivity contribution in [1.82, 2.24) is 10.2 Å². The summed E-state index contributed by atoms with van der Waals surface area (Å²) in [5.41, 5.74) is 0. The predicted octanol–water partition coefficient (Wildman–Crippen LogP) is 0.479. The fourth-order valence-electron chi connectivity index (χ4n) is 3.02. The molecule has 4 heteroatoms. The summed E-state index contributed by atoms with van der Waals surface area (Å²) in [5, 5.41) is 3.45. The Hall–Kier alpha value is -0.610. The number of ether oxygens (including phenoxy) is 1. The van der Waals surface area contributed by atoms with Crippen LogP contribution in [0, 0.1) is 11.8 Å².